The Labute approximate surface area is 156 Å². The molecule has 1 aliphatic heterocycles. The summed E-state index contributed by atoms with van der Waals surface area (Å²) in [7, 11) is 1.58. The van der Waals surface area contributed by atoms with Crippen LogP contribution in [-0.2, 0) is 0 Å². The number of nitrogens with zero attached hydrogens (tertiary/aromatic N) is 1. The van der Waals surface area contributed by atoms with Gasteiger partial charge in [-0.05, 0) is 55.5 Å². The van der Waals surface area contributed by atoms with Gasteiger partial charge >= 0.3 is 0 Å². The Bertz CT molecular complexity index is 742. The van der Waals surface area contributed by atoms with Gasteiger partial charge in [-0.15, -0.1) is 0 Å². The van der Waals surface area contributed by atoms with Gasteiger partial charge in [-0.1, -0.05) is 31.2 Å². The molecule has 2 aromatic carbocycles. The molecule has 4 heteroatoms. The van der Waals surface area contributed by atoms with E-state index >= 15 is 0 Å². The van der Waals surface area contributed by atoms with Crippen molar-refractivity contribution < 1.29 is 9.53 Å². The maximum atomic E-state index is 12.6. The number of rotatable bonds is 5. The number of methoxy groups -OCH3 is 1. The summed E-state index contributed by atoms with van der Waals surface area (Å²) in [6, 6.07) is 15.8. The first-order valence-corrected chi connectivity index (χ1v) is 9.37. The second-order valence-corrected chi connectivity index (χ2v) is 7.18. The van der Waals surface area contributed by atoms with Crippen molar-refractivity contribution in [1.29, 1.82) is 0 Å². The average molecular weight is 352 g/mol. The fourth-order valence-electron chi connectivity index (χ4n) is 3.59. The number of carbonyl (C=O) groups is 1. The highest BCUT2D eigenvalue weighted by atomic mass is 16.5. The minimum absolute atomic E-state index is 0.0678. The molecule has 0 aliphatic carbocycles. The van der Waals surface area contributed by atoms with Crippen LogP contribution in [0.5, 0.6) is 5.75 Å². The van der Waals surface area contributed by atoms with Gasteiger partial charge in [-0.3, -0.25) is 4.79 Å². The minimum Gasteiger partial charge on any atom is -0.496 e. The van der Waals surface area contributed by atoms with Gasteiger partial charge in [0.1, 0.15) is 5.75 Å². The summed E-state index contributed by atoms with van der Waals surface area (Å²) < 4.78 is 5.28. The van der Waals surface area contributed by atoms with Gasteiger partial charge in [0, 0.05) is 18.8 Å². The summed E-state index contributed by atoms with van der Waals surface area (Å²) in [6.45, 7) is 6.57. The summed E-state index contributed by atoms with van der Waals surface area (Å²) in [5, 5.41) is 3.06. The number of benzene rings is 2. The van der Waals surface area contributed by atoms with Crippen molar-refractivity contribution >= 4 is 11.6 Å². The van der Waals surface area contributed by atoms with Gasteiger partial charge in [0.15, 0.2) is 0 Å². The van der Waals surface area contributed by atoms with E-state index in [-0.39, 0.29) is 11.9 Å². The molecular weight excluding hydrogens is 324 g/mol. The van der Waals surface area contributed by atoms with E-state index in [0.29, 0.717) is 11.3 Å². The summed E-state index contributed by atoms with van der Waals surface area (Å²) in [5.74, 6) is 1.22. The molecule has 0 aromatic heterocycles. The van der Waals surface area contributed by atoms with Crippen molar-refractivity contribution in [2.45, 2.75) is 32.7 Å². The van der Waals surface area contributed by atoms with E-state index in [1.54, 1.807) is 19.2 Å². The standard InChI is InChI=1S/C22H28N2O2/c1-16-7-6-14-24(15-16)19-12-10-18(11-13-19)17(2)23-22(25)20-8-4-5-9-21(20)26-3/h4-5,8-13,16-17H,6-7,14-15H2,1-3H3,(H,23,25). The van der Waals surface area contributed by atoms with Crippen LogP contribution in [0.25, 0.3) is 0 Å². The van der Waals surface area contributed by atoms with Crippen molar-refractivity contribution in [2.75, 3.05) is 25.1 Å². The lowest BCUT2D eigenvalue weighted by Crippen LogP contribution is -2.34. The predicted octanol–water partition coefficient (Wildman–Crippen LogP) is 4.42. The van der Waals surface area contributed by atoms with Crippen molar-refractivity contribution in [3.8, 4) is 5.75 Å². The van der Waals surface area contributed by atoms with Crippen molar-refractivity contribution in [1.82, 2.24) is 5.32 Å². The lowest BCUT2D eigenvalue weighted by Gasteiger charge is -2.33. The van der Waals surface area contributed by atoms with E-state index < -0.39 is 0 Å². The molecule has 1 heterocycles. The Morgan fingerprint density at radius 1 is 1.19 bits per heavy atom. The number of ether oxygens (including phenoxy) is 1. The van der Waals surface area contributed by atoms with Gasteiger partial charge in [0.25, 0.3) is 5.91 Å². The lowest BCUT2D eigenvalue weighted by molar-refractivity contribution is 0.0937. The van der Waals surface area contributed by atoms with Crippen LogP contribution >= 0.6 is 0 Å². The zero-order valence-corrected chi connectivity index (χ0v) is 15.9. The third kappa shape index (κ3) is 4.18. The highest BCUT2D eigenvalue weighted by Gasteiger charge is 2.18. The molecule has 0 radical (unpaired) electrons. The van der Waals surface area contributed by atoms with Crippen LogP contribution in [0.2, 0.25) is 0 Å². The van der Waals surface area contributed by atoms with Crippen LogP contribution in [0.15, 0.2) is 48.5 Å². The molecular formula is C22H28N2O2. The number of carbonyl (C=O) groups excluding carboxylic acids is 1. The molecule has 0 saturated carbocycles. The first-order chi connectivity index (χ1) is 12.6. The van der Waals surface area contributed by atoms with Gasteiger partial charge in [-0.25, -0.2) is 0 Å². The third-order valence-electron chi connectivity index (χ3n) is 5.11. The Morgan fingerprint density at radius 2 is 1.92 bits per heavy atom. The quantitative estimate of drug-likeness (QED) is 0.866. The summed E-state index contributed by atoms with van der Waals surface area (Å²) in [4.78, 5) is 15.0. The molecule has 1 N–H and O–H groups in total. The van der Waals surface area contributed by atoms with Crippen LogP contribution in [-0.4, -0.2) is 26.1 Å². The predicted molar refractivity (Wildman–Crippen MR) is 106 cm³/mol. The van der Waals surface area contributed by atoms with E-state index in [9.17, 15) is 4.79 Å². The minimum atomic E-state index is -0.121. The first kappa shape index (κ1) is 18.3. The van der Waals surface area contributed by atoms with Gasteiger partial charge in [-0.2, -0.15) is 0 Å². The first-order valence-electron chi connectivity index (χ1n) is 9.37. The maximum Gasteiger partial charge on any atom is 0.255 e. The summed E-state index contributed by atoms with van der Waals surface area (Å²) >= 11 is 0. The van der Waals surface area contributed by atoms with Crippen molar-refractivity contribution in [3.63, 3.8) is 0 Å². The van der Waals surface area contributed by atoms with Crippen LogP contribution in [0, 0.1) is 5.92 Å². The Morgan fingerprint density at radius 3 is 2.62 bits per heavy atom. The highest BCUT2D eigenvalue weighted by molar-refractivity contribution is 5.97. The van der Waals surface area contributed by atoms with Gasteiger partial charge < -0.3 is 15.0 Å². The number of para-hydroxylation sites is 1. The molecule has 1 amide bonds. The highest BCUT2D eigenvalue weighted by Crippen LogP contribution is 2.25. The smallest absolute Gasteiger partial charge is 0.255 e. The topological polar surface area (TPSA) is 41.6 Å². The normalized spacial score (nSPS) is 18.3. The Hall–Kier alpha value is -2.49. The lowest BCUT2D eigenvalue weighted by atomic mass is 9.99. The second-order valence-electron chi connectivity index (χ2n) is 7.18. The zero-order chi connectivity index (χ0) is 18.5. The molecule has 1 fully saturated rings. The summed E-state index contributed by atoms with van der Waals surface area (Å²) in [6.07, 6.45) is 2.58. The van der Waals surface area contributed by atoms with E-state index in [4.69, 9.17) is 4.74 Å². The molecule has 3 rings (SSSR count). The van der Waals surface area contributed by atoms with E-state index in [1.165, 1.54) is 18.5 Å². The molecule has 2 unspecified atom stereocenters. The van der Waals surface area contributed by atoms with Crippen molar-refractivity contribution in [3.05, 3.63) is 59.7 Å². The van der Waals surface area contributed by atoms with Crippen LogP contribution in [0.3, 0.4) is 0 Å². The van der Waals surface area contributed by atoms with Crippen LogP contribution in [0.4, 0.5) is 5.69 Å². The zero-order valence-electron chi connectivity index (χ0n) is 15.9. The molecule has 2 atom stereocenters. The van der Waals surface area contributed by atoms with Crippen molar-refractivity contribution in [2.24, 2.45) is 5.92 Å². The van der Waals surface area contributed by atoms with Crippen LogP contribution < -0.4 is 15.0 Å². The van der Waals surface area contributed by atoms with E-state index in [1.807, 2.05) is 19.1 Å². The number of anilines is 1. The second kappa shape index (κ2) is 8.26. The van der Waals surface area contributed by atoms with E-state index in [2.05, 4.69) is 41.4 Å². The molecule has 2 aromatic rings. The number of hydrogen-bond acceptors (Lipinski definition) is 3. The molecule has 26 heavy (non-hydrogen) atoms. The van der Waals surface area contributed by atoms with Gasteiger partial charge in [0.05, 0.1) is 18.7 Å². The number of piperidine rings is 1. The van der Waals surface area contributed by atoms with Gasteiger partial charge in [0.2, 0.25) is 0 Å². The van der Waals surface area contributed by atoms with Crippen LogP contribution in [0.1, 0.15) is 48.7 Å². The molecule has 1 saturated heterocycles. The summed E-state index contributed by atoms with van der Waals surface area (Å²) in [5.41, 5.74) is 2.92. The fourth-order valence-corrected chi connectivity index (χ4v) is 3.59. The Balaban J connectivity index is 1.66. The molecule has 0 bridgehead atoms. The molecule has 0 spiro atoms. The average Bonchev–Trinajstić information content (AvgIpc) is 2.68. The Kier molecular flexibility index (Phi) is 5.82. The fraction of sp³-hybridized carbons (Fsp3) is 0.409. The monoisotopic (exact) mass is 352 g/mol. The molecule has 138 valence electrons. The number of hydrogen-bond donors (Lipinski definition) is 1. The van der Waals surface area contributed by atoms with E-state index in [0.717, 1.165) is 24.6 Å². The molecule has 1 aliphatic rings. The maximum absolute atomic E-state index is 12.6. The third-order valence-corrected chi connectivity index (χ3v) is 5.11. The SMILES string of the molecule is COc1ccccc1C(=O)NC(C)c1ccc(N2CCCC(C)C2)cc1. The largest absolute Gasteiger partial charge is 0.496 e. The number of amides is 1. The number of nitrogens with one attached hydrogen (secondary N) is 1. The molecule has 4 nitrogen and oxygen atoms in total.